The Morgan fingerprint density at radius 1 is 1.21 bits per heavy atom. The number of carbonyl (C=O) groups excluding carboxylic acids is 1. The number of hydrogen-bond donors (Lipinski definition) is 2. The van der Waals surface area contributed by atoms with Gasteiger partial charge in [0.2, 0.25) is 5.91 Å². The summed E-state index contributed by atoms with van der Waals surface area (Å²) in [6.45, 7) is 6.83. The van der Waals surface area contributed by atoms with E-state index in [2.05, 4.69) is 53.6 Å². The van der Waals surface area contributed by atoms with Gasteiger partial charge < -0.3 is 20.4 Å². The number of amides is 1. The molecule has 0 atom stereocenters. The standard InChI is InChI=1S/C19H32N4O/c1-16-9-13-23(14-10-16)18-7-5-17(6-8-18)21-19(24)15-20-11-4-12-22(2)3/h5-8,16,20H,4,9-15H2,1-3H3,(H,21,24). The van der Waals surface area contributed by atoms with Gasteiger partial charge in [0.15, 0.2) is 0 Å². The molecule has 0 saturated carbocycles. The molecule has 2 N–H and O–H groups in total. The van der Waals surface area contributed by atoms with E-state index >= 15 is 0 Å². The predicted octanol–water partition coefficient (Wildman–Crippen LogP) is 2.40. The lowest BCUT2D eigenvalue weighted by Gasteiger charge is -2.32. The second-order valence-corrected chi connectivity index (χ2v) is 7.10. The van der Waals surface area contributed by atoms with E-state index in [1.54, 1.807) is 0 Å². The average molecular weight is 332 g/mol. The molecule has 5 nitrogen and oxygen atoms in total. The average Bonchev–Trinajstić information content (AvgIpc) is 2.56. The maximum absolute atomic E-state index is 11.9. The van der Waals surface area contributed by atoms with Gasteiger partial charge >= 0.3 is 0 Å². The van der Waals surface area contributed by atoms with Crippen LogP contribution in [0.2, 0.25) is 0 Å². The molecular formula is C19H32N4O. The maximum Gasteiger partial charge on any atom is 0.238 e. The third kappa shape index (κ3) is 6.49. The lowest BCUT2D eigenvalue weighted by Crippen LogP contribution is -2.32. The van der Waals surface area contributed by atoms with E-state index in [-0.39, 0.29) is 5.91 Å². The molecule has 0 bridgehead atoms. The number of carbonyl (C=O) groups is 1. The Bertz CT molecular complexity index is 493. The number of anilines is 2. The summed E-state index contributed by atoms with van der Waals surface area (Å²) in [4.78, 5) is 16.5. The van der Waals surface area contributed by atoms with Gasteiger partial charge in [-0.3, -0.25) is 4.79 Å². The highest BCUT2D eigenvalue weighted by molar-refractivity contribution is 5.92. The van der Waals surface area contributed by atoms with Gasteiger partial charge in [-0.1, -0.05) is 6.92 Å². The van der Waals surface area contributed by atoms with Crippen LogP contribution in [0.3, 0.4) is 0 Å². The first-order chi connectivity index (χ1) is 11.5. The van der Waals surface area contributed by atoms with Crippen molar-refractivity contribution >= 4 is 17.3 Å². The minimum Gasteiger partial charge on any atom is -0.372 e. The fourth-order valence-electron chi connectivity index (χ4n) is 2.95. The molecule has 24 heavy (non-hydrogen) atoms. The fraction of sp³-hybridized carbons (Fsp3) is 0.632. The lowest BCUT2D eigenvalue weighted by molar-refractivity contribution is -0.115. The molecule has 2 rings (SSSR count). The fourth-order valence-corrected chi connectivity index (χ4v) is 2.95. The van der Waals surface area contributed by atoms with Crippen molar-refractivity contribution in [2.45, 2.75) is 26.2 Å². The Labute approximate surface area is 146 Å². The molecule has 5 heteroatoms. The number of nitrogens with one attached hydrogen (secondary N) is 2. The summed E-state index contributed by atoms with van der Waals surface area (Å²) in [7, 11) is 4.11. The minimum atomic E-state index is 0.0133. The zero-order chi connectivity index (χ0) is 17.4. The van der Waals surface area contributed by atoms with Crippen molar-refractivity contribution in [1.29, 1.82) is 0 Å². The van der Waals surface area contributed by atoms with Crippen molar-refractivity contribution in [1.82, 2.24) is 10.2 Å². The maximum atomic E-state index is 11.9. The molecule has 1 aromatic rings. The van der Waals surface area contributed by atoms with Gasteiger partial charge in [-0.25, -0.2) is 0 Å². The Balaban J connectivity index is 1.70. The van der Waals surface area contributed by atoms with Gasteiger partial charge in [0.1, 0.15) is 0 Å². The van der Waals surface area contributed by atoms with Gasteiger partial charge in [-0.2, -0.15) is 0 Å². The monoisotopic (exact) mass is 332 g/mol. The van der Waals surface area contributed by atoms with E-state index in [0.29, 0.717) is 6.54 Å². The molecule has 1 aliphatic rings. The highest BCUT2D eigenvalue weighted by Crippen LogP contribution is 2.24. The van der Waals surface area contributed by atoms with Crippen LogP contribution in [-0.4, -0.2) is 57.6 Å². The molecule has 0 unspecified atom stereocenters. The van der Waals surface area contributed by atoms with E-state index < -0.39 is 0 Å². The van der Waals surface area contributed by atoms with Crippen molar-refractivity contribution in [3.8, 4) is 0 Å². The normalized spacial score (nSPS) is 15.8. The van der Waals surface area contributed by atoms with E-state index in [0.717, 1.165) is 44.2 Å². The number of hydrogen-bond acceptors (Lipinski definition) is 4. The first-order valence-electron chi connectivity index (χ1n) is 9.05. The SMILES string of the molecule is CC1CCN(c2ccc(NC(=O)CNCCCN(C)C)cc2)CC1. The molecule has 0 aliphatic carbocycles. The van der Waals surface area contributed by atoms with Crippen molar-refractivity contribution in [3.05, 3.63) is 24.3 Å². The van der Waals surface area contributed by atoms with E-state index in [9.17, 15) is 4.79 Å². The zero-order valence-electron chi connectivity index (χ0n) is 15.3. The molecule has 1 fully saturated rings. The van der Waals surface area contributed by atoms with Crippen LogP contribution in [0.1, 0.15) is 26.2 Å². The Kier molecular flexibility index (Phi) is 7.53. The van der Waals surface area contributed by atoms with Crippen LogP contribution in [0.15, 0.2) is 24.3 Å². The Hall–Kier alpha value is -1.59. The third-order valence-electron chi connectivity index (χ3n) is 4.54. The molecular weight excluding hydrogens is 300 g/mol. The molecule has 1 aliphatic heterocycles. The first kappa shape index (κ1) is 18.7. The van der Waals surface area contributed by atoms with Crippen LogP contribution in [0, 0.1) is 5.92 Å². The summed E-state index contributed by atoms with van der Waals surface area (Å²) < 4.78 is 0. The molecule has 1 aromatic carbocycles. The van der Waals surface area contributed by atoms with Gasteiger partial charge in [0.25, 0.3) is 0 Å². The van der Waals surface area contributed by atoms with E-state index in [1.807, 2.05) is 12.1 Å². The van der Waals surface area contributed by atoms with Crippen molar-refractivity contribution in [3.63, 3.8) is 0 Å². The third-order valence-corrected chi connectivity index (χ3v) is 4.54. The van der Waals surface area contributed by atoms with Crippen LogP contribution in [-0.2, 0) is 4.79 Å². The van der Waals surface area contributed by atoms with Gasteiger partial charge in [0, 0.05) is 24.5 Å². The molecule has 0 aromatic heterocycles. The van der Waals surface area contributed by atoms with Crippen LogP contribution in [0.5, 0.6) is 0 Å². The number of piperidine rings is 1. The smallest absolute Gasteiger partial charge is 0.238 e. The van der Waals surface area contributed by atoms with Crippen LogP contribution in [0.4, 0.5) is 11.4 Å². The second kappa shape index (κ2) is 9.64. The lowest BCUT2D eigenvalue weighted by atomic mass is 9.99. The summed E-state index contributed by atoms with van der Waals surface area (Å²) in [5, 5.41) is 6.13. The quantitative estimate of drug-likeness (QED) is 0.718. The van der Waals surface area contributed by atoms with Gasteiger partial charge in [-0.05, 0) is 76.6 Å². The number of benzene rings is 1. The Morgan fingerprint density at radius 2 is 1.88 bits per heavy atom. The highest BCUT2D eigenvalue weighted by Gasteiger charge is 2.15. The summed E-state index contributed by atoms with van der Waals surface area (Å²) in [6, 6.07) is 8.21. The predicted molar refractivity (Wildman–Crippen MR) is 102 cm³/mol. The number of nitrogens with zero attached hydrogens (tertiary/aromatic N) is 2. The second-order valence-electron chi connectivity index (χ2n) is 7.10. The van der Waals surface area contributed by atoms with Gasteiger partial charge in [0.05, 0.1) is 6.54 Å². The largest absolute Gasteiger partial charge is 0.372 e. The number of rotatable bonds is 8. The molecule has 1 saturated heterocycles. The van der Waals surface area contributed by atoms with Crippen molar-refractivity contribution in [2.24, 2.45) is 5.92 Å². The first-order valence-corrected chi connectivity index (χ1v) is 9.05. The Morgan fingerprint density at radius 3 is 2.50 bits per heavy atom. The van der Waals surface area contributed by atoms with Gasteiger partial charge in [-0.15, -0.1) is 0 Å². The van der Waals surface area contributed by atoms with Crippen LogP contribution >= 0.6 is 0 Å². The topological polar surface area (TPSA) is 47.6 Å². The van der Waals surface area contributed by atoms with E-state index in [4.69, 9.17) is 0 Å². The van der Waals surface area contributed by atoms with Crippen LogP contribution in [0.25, 0.3) is 0 Å². The summed E-state index contributed by atoms with van der Waals surface area (Å²) >= 11 is 0. The molecule has 134 valence electrons. The molecule has 1 heterocycles. The van der Waals surface area contributed by atoms with E-state index in [1.165, 1.54) is 18.5 Å². The van der Waals surface area contributed by atoms with Crippen molar-refractivity contribution in [2.75, 3.05) is 57.0 Å². The summed E-state index contributed by atoms with van der Waals surface area (Å²) in [5.41, 5.74) is 2.12. The van der Waals surface area contributed by atoms with Crippen molar-refractivity contribution < 1.29 is 4.79 Å². The zero-order valence-corrected chi connectivity index (χ0v) is 15.3. The molecule has 0 radical (unpaired) electrons. The summed E-state index contributed by atoms with van der Waals surface area (Å²) in [5.74, 6) is 0.851. The molecule has 0 spiro atoms. The highest BCUT2D eigenvalue weighted by atomic mass is 16.1. The molecule has 1 amide bonds. The van der Waals surface area contributed by atoms with Crippen LogP contribution < -0.4 is 15.5 Å². The minimum absolute atomic E-state index is 0.0133. The summed E-state index contributed by atoms with van der Waals surface area (Å²) in [6.07, 6.45) is 3.57.